The molecular weight excluding hydrogens is 432 g/mol. The molecule has 0 radical (unpaired) electrons. The van der Waals surface area contributed by atoms with Gasteiger partial charge in [-0.2, -0.15) is 5.10 Å². The molecule has 2 aromatic rings. The van der Waals surface area contributed by atoms with Gasteiger partial charge in [-0.25, -0.2) is 4.79 Å². The van der Waals surface area contributed by atoms with E-state index in [9.17, 15) is 14.4 Å². The van der Waals surface area contributed by atoms with Gasteiger partial charge in [0.1, 0.15) is 11.0 Å². The lowest BCUT2D eigenvalue weighted by Crippen LogP contribution is -2.41. The molecule has 3 rings (SSSR count). The maximum absolute atomic E-state index is 12.6. The lowest BCUT2D eigenvalue weighted by Gasteiger charge is -2.21. The number of amidine groups is 1. The zero-order valence-electron chi connectivity index (χ0n) is 17.5. The molecule has 1 saturated heterocycles. The van der Waals surface area contributed by atoms with Crippen LogP contribution in [0.5, 0.6) is 5.75 Å². The number of anilines is 1. The van der Waals surface area contributed by atoms with Gasteiger partial charge in [-0.05, 0) is 61.0 Å². The summed E-state index contributed by atoms with van der Waals surface area (Å²) in [5.74, 6) is -0.366. The normalized spacial score (nSPS) is 17.1. The maximum Gasteiger partial charge on any atom is 0.338 e. The van der Waals surface area contributed by atoms with Crippen molar-refractivity contribution in [2.45, 2.75) is 18.6 Å². The van der Waals surface area contributed by atoms with Crippen LogP contribution < -0.4 is 15.4 Å². The number of hydrogen-bond donors (Lipinski definition) is 2. The summed E-state index contributed by atoms with van der Waals surface area (Å²) >= 11 is 1.12. The summed E-state index contributed by atoms with van der Waals surface area (Å²) in [4.78, 5) is 36.4. The molecule has 0 bridgehead atoms. The van der Waals surface area contributed by atoms with Crippen LogP contribution in [0.4, 0.5) is 5.69 Å². The first-order valence-electron chi connectivity index (χ1n) is 9.78. The van der Waals surface area contributed by atoms with Crippen molar-refractivity contribution in [1.29, 1.82) is 0 Å². The second-order valence-corrected chi connectivity index (χ2v) is 7.76. The lowest BCUT2D eigenvalue weighted by molar-refractivity contribution is -0.123. The lowest BCUT2D eigenvalue weighted by atomic mass is 10.2. The molecule has 2 amide bonds. The standard InChI is InChI=1S/C22H22N4O5S/c1-3-31-21(29)15-6-8-16(9-7-15)24-20(28)18-12-19(27)25-22(32-18)26-23-13-14-4-10-17(30-2)11-5-14/h4-11,13,18H,3,12H2,1-2H3,(H,24,28)(H,25,26,27)/b23-13+. The van der Waals surface area contributed by atoms with E-state index in [2.05, 4.69) is 20.8 Å². The molecule has 32 heavy (non-hydrogen) atoms. The van der Waals surface area contributed by atoms with Gasteiger partial charge in [-0.3, -0.25) is 9.59 Å². The number of benzene rings is 2. The topological polar surface area (TPSA) is 118 Å². The van der Waals surface area contributed by atoms with Crippen LogP contribution in [0, 0.1) is 0 Å². The molecule has 1 aliphatic heterocycles. The average molecular weight is 455 g/mol. The van der Waals surface area contributed by atoms with Gasteiger partial charge in [0.25, 0.3) is 0 Å². The molecule has 1 unspecified atom stereocenters. The van der Waals surface area contributed by atoms with Crippen molar-refractivity contribution < 1.29 is 23.9 Å². The molecular formula is C22H22N4O5S. The minimum absolute atomic E-state index is 0.0125. The Balaban J connectivity index is 1.60. The first-order chi connectivity index (χ1) is 15.5. The highest BCUT2D eigenvalue weighted by atomic mass is 32.2. The molecule has 0 spiro atoms. The van der Waals surface area contributed by atoms with Gasteiger partial charge in [0.15, 0.2) is 5.17 Å². The first-order valence-corrected chi connectivity index (χ1v) is 10.7. The van der Waals surface area contributed by atoms with E-state index in [-0.39, 0.29) is 30.0 Å². The number of esters is 1. The molecule has 1 atom stereocenters. The fraction of sp³-hybridized carbons (Fsp3) is 0.227. The zero-order valence-corrected chi connectivity index (χ0v) is 18.3. The van der Waals surface area contributed by atoms with Crippen LogP contribution in [-0.2, 0) is 14.3 Å². The first kappa shape index (κ1) is 23.0. The van der Waals surface area contributed by atoms with E-state index < -0.39 is 11.2 Å². The van der Waals surface area contributed by atoms with Crippen LogP contribution in [0.3, 0.4) is 0 Å². The number of rotatable bonds is 7. The van der Waals surface area contributed by atoms with Gasteiger partial charge in [-0.1, -0.05) is 11.8 Å². The highest BCUT2D eigenvalue weighted by molar-refractivity contribution is 8.15. The molecule has 1 aliphatic rings. The Bertz CT molecular complexity index is 1040. The van der Waals surface area contributed by atoms with Gasteiger partial charge >= 0.3 is 5.97 Å². The fourth-order valence-electron chi connectivity index (χ4n) is 2.70. The Morgan fingerprint density at radius 1 is 1.19 bits per heavy atom. The molecule has 0 aromatic heterocycles. The van der Waals surface area contributed by atoms with E-state index in [1.54, 1.807) is 50.4 Å². The number of amides is 2. The van der Waals surface area contributed by atoms with Crippen LogP contribution in [0.2, 0.25) is 0 Å². The zero-order chi connectivity index (χ0) is 22.9. The fourth-order valence-corrected chi connectivity index (χ4v) is 3.64. The van der Waals surface area contributed by atoms with E-state index >= 15 is 0 Å². The van der Waals surface area contributed by atoms with Crippen molar-refractivity contribution in [2.24, 2.45) is 10.2 Å². The summed E-state index contributed by atoms with van der Waals surface area (Å²) in [6.45, 7) is 2.01. The largest absolute Gasteiger partial charge is 0.497 e. The van der Waals surface area contributed by atoms with Crippen molar-refractivity contribution >= 4 is 46.6 Å². The Hall–Kier alpha value is -3.66. The number of methoxy groups -OCH3 is 1. The predicted molar refractivity (Wildman–Crippen MR) is 123 cm³/mol. The number of thioether (sulfide) groups is 1. The number of hydrogen-bond acceptors (Lipinski definition) is 8. The number of nitrogens with one attached hydrogen (secondary N) is 2. The number of nitrogens with zero attached hydrogens (tertiary/aromatic N) is 2. The summed E-state index contributed by atoms with van der Waals surface area (Å²) in [6, 6.07) is 13.6. The van der Waals surface area contributed by atoms with Crippen molar-refractivity contribution in [3.05, 3.63) is 59.7 Å². The quantitative estimate of drug-likeness (QED) is 0.377. The van der Waals surface area contributed by atoms with Gasteiger partial charge in [0.05, 0.1) is 25.5 Å². The summed E-state index contributed by atoms with van der Waals surface area (Å²) in [7, 11) is 1.59. The number of carbonyl (C=O) groups is 3. The molecule has 9 nitrogen and oxygen atoms in total. The second kappa shape index (κ2) is 11.1. The van der Waals surface area contributed by atoms with E-state index in [1.165, 1.54) is 6.21 Å². The van der Waals surface area contributed by atoms with Crippen molar-refractivity contribution in [2.75, 3.05) is 19.0 Å². The second-order valence-electron chi connectivity index (χ2n) is 6.57. The van der Waals surface area contributed by atoms with Crippen molar-refractivity contribution in [3.63, 3.8) is 0 Å². The maximum atomic E-state index is 12.6. The molecule has 0 saturated carbocycles. The SMILES string of the molecule is CCOC(=O)c1ccc(NC(=O)C2CC(=O)N/C(=N/N=C/c3ccc(OC)cc3)S2)cc1. The molecule has 2 aromatic carbocycles. The summed E-state index contributed by atoms with van der Waals surface area (Å²) in [6.07, 6.45) is 1.55. The number of ether oxygens (including phenoxy) is 2. The Morgan fingerprint density at radius 2 is 1.91 bits per heavy atom. The molecule has 1 heterocycles. The van der Waals surface area contributed by atoms with Crippen LogP contribution in [0.1, 0.15) is 29.3 Å². The summed E-state index contributed by atoms with van der Waals surface area (Å²) < 4.78 is 10.0. The molecule has 1 fully saturated rings. The third kappa shape index (κ3) is 6.42. The van der Waals surface area contributed by atoms with Gasteiger partial charge in [0.2, 0.25) is 11.8 Å². The minimum Gasteiger partial charge on any atom is -0.497 e. The van der Waals surface area contributed by atoms with Crippen LogP contribution >= 0.6 is 11.8 Å². The highest BCUT2D eigenvalue weighted by Gasteiger charge is 2.30. The smallest absolute Gasteiger partial charge is 0.338 e. The van der Waals surface area contributed by atoms with E-state index in [0.29, 0.717) is 11.3 Å². The van der Waals surface area contributed by atoms with Gasteiger partial charge in [0, 0.05) is 12.1 Å². The van der Waals surface area contributed by atoms with Gasteiger partial charge in [-0.15, -0.1) is 5.10 Å². The molecule has 2 N–H and O–H groups in total. The van der Waals surface area contributed by atoms with E-state index in [0.717, 1.165) is 23.1 Å². The highest BCUT2D eigenvalue weighted by Crippen LogP contribution is 2.23. The molecule has 0 aliphatic carbocycles. The van der Waals surface area contributed by atoms with E-state index in [1.807, 2.05) is 12.1 Å². The van der Waals surface area contributed by atoms with Crippen molar-refractivity contribution in [3.8, 4) is 5.75 Å². The summed E-state index contributed by atoms with van der Waals surface area (Å²) in [5, 5.41) is 12.9. The van der Waals surface area contributed by atoms with Crippen LogP contribution in [0.25, 0.3) is 0 Å². The molecule has 10 heteroatoms. The predicted octanol–water partition coefficient (Wildman–Crippen LogP) is 2.82. The van der Waals surface area contributed by atoms with Crippen LogP contribution in [0.15, 0.2) is 58.7 Å². The Labute approximate surface area is 189 Å². The summed E-state index contributed by atoms with van der Waals surface area (Å²) in [5.41, 5.74) is 1.70. The van der Waals surface area contributed by atoms with Crippen LogP contribution in [-0.4, -0.2) is 48.1 Å². The Morgan fingerprint density at radius 3 is 2.56 bits per heavy atom. The molecule has 166 valence electrons. The van der Waals surface area contributed by atoms with Gasteiger partial charge < -0.3 is 20.1 Å². The third-order valence-electron chi connectivity index (χ3n) is 4.30. The average Bonchev–Trinajstić information content (AvgIpc) is 2.80. The number of carbonyl (C=O) groups excluding carboxylic acids is 3. The van der Waals surface area contributed by atoms with E-state index in [4.69, 9.17) is 9.47 Å². The minimum atomic E-state index is -0.664. The monoisotopic (exact) mass is 454 g/mol. The third-order valence-corrected chi connectivity index (χ3v) is 5.37. The Kier molecular flexibility index (Phi) is 7.98. The van der Waals surface area contributed by atoms with Crippen molar-refractivity contribution in [1.82, 2.24) is 5.32 Å².